The van der Waals surface area contributed by atoms with Crippen LogP contribution >= 0.6 is 0 Å². The fourth-order valence-corrected chi connectivity index (χ4v) is 2.95. The zero-order valence-electron chi connectivity index (χ0n) is 13.1. The molecule has 1 fully saturated rings. The van der Waals surface area contributed by atoms with Gasteiger partial charge in [-0.15, -0.1) is 0 Å². The lowest BCUT2D eigenvalue weighted by Crippen LogP contribution is -2.34. The third kappa shape index (κ3) is 5.09. The number of ether oxygens (including phenoxy) is 2. The molecule has 1 aromatic rings. The number of benzene rings is 1. The van der Waals surface area contributed by atoms with Crippen LogP contribution in [0.15, 0.2) is 29.2 Å². The molecular weight excluding hydrogens is 286 g/mol. The Hall–Kier alpha value is -0.910. The van der Waals surface area contributed by atoms with Crippen LogP contribution in [0.3, 0.4) is 0 Å². The molecule has 1 aliphatic rings. The zero-order chi connectivity index (χ0) is 15.3. The van der Waals surface area contributed by atoms with Crippen molar-refractivity contribution in [3.63, 3.8) is 0 Å². The SMILES string of the molecule is CCCCCNS(=O)c1ccc(OC(C)(C)C2CO2)cc1. The van der Waals surface area contributed by atoms with Gasteiger partial charge >= 0.3 is 0 Å². The van der Waals surface area contributed by atoms with Crippen LogP contribution in [0.25, 0.3) is 0 Å². The lowest BCUT2D eigenvalue weighted by atomic mass is 10.1. The predicted molar refractivity (Wildman–Crippen MR) is 84.8 cm³/mol. The van der Waals surface area contributed by atoms with E-state index in [0.29, 0.717) is 0 Å². The first-order chi connectivity index (χ1) is 10.0. The molecule has 0 aromatic heterocycles. The summed E-state index contributed by atoms with van der Waals surface area (Å²) in [5.41, 5.74) is -0.320. The largest absolute Gasteiger partial charge is 0.485 e. The summed E-state index contributed by atoms with van der Waals surface area (Å²) in [7, 11) is -1.14. The van der Waals surface area contributed by atoms with Crippen molar-refractivity contribution in [1.29, 1.82) is 0 Å². The van der Waals surface area contributed by atoms with Crippen molar-refractivity contribution < 1.29 is 13.7 Å². The molecule has 2 unspecified atom stereocenters. The van der Waals surface area contributed by atoms with E-state index in [-0.39, 0.29) is 11.7 Å². The van der Waals surface area contributed by atoms with Gasteiger partial charge in [-0.1, -0.05) is 19.8 Å². The lowest BCUT2D eigenvalue weighted by Gasteiger charge is -2.24. The second kappa shape index (κ2) is 7.38. The Morgan fingerprint density at radius 3 is 2.57 bits per heavy atom. The van der Waals surface area contributed by atoms with Crippen molar-refractivity contribution in [2.75, 3.05) is 13.2 Å². The van der Waals surface area contributed by atoms with Crippen LogP contribution in [0.2, 0.25) is 0 Å². The molecule has 21 heavy (non-hydrogen) atoms. The van der Waals surface area contributed by atoms with Crippen LogP contribution in [-0.2, 0) is 15.7 Å². The number of rotatable bonds is 9. The van der Waals surface area contributed by atoms with E-state index in [1.807, 2.05) is 38.1 Å². The van der Waals surface area contributed by atoms with E-state index < -0.39 is 11.0 Å². The number of hydrogen-bond donors (Lipinski definition) is 1. The molecule has 1 aromatic carbocycles. The molecule has 0 amide bonds. The molecule has 0 saturated carbocycles. The van der Waals surface area contributed by atoms with Gasteiger partial charge in [0.1, 0.15) is 28.4 Å². The Morgan fingerprint density at radius 2 is 2.00 bits per heavy atom. The summed E-state index contributed by atoms with van der Waals surface area (Å²) < 4.78 is 26.3. The highest BCUT2D eigenvalue weighted by atomic mass is 32.2. The van der Waals surface area contributed by atoms with E-state index in [2.05, 4.69) is 11.6 Å². The van der Waals surface area contributed by atoms with Crippen molar-refractivity contribution in [3.05, 3.63) is 24.3 Å². The Morgan fingerprint density at radius 1 is 1.33 bits per heavy atom. The third-order valence-corrected chi connectivity index (χ3v) is 4.71. The van der Waals surface area contributed by atoms with Gasteiger partial charge in [0.2, 0.25) is 0 Å². The van der Waals surface area contributed by atoms with Crippen molar-refractivity contribution in [3.8, 4) is 5.75 Å². The molecule has 1 saturated heterocycles. The maximum Gasteiger partial charge on any atom is 0.132 e. The maximum absolute atomic E-state index is 12.1. The predicted octanol–water partition coefficient (Wildman–Crippen LogP) is 3.05. The Kier molecular flexibility index (Phi) is 5.79. The Bertz CT molecular complexity index is 469. The average Bonchev–Trinajstić information content (AvgIpc) is 3.29. The normalized spacial score (nSPS) is 19.3. The molecule has 0 spiro atoms. The van der Waals surface area contributed by atoms with Crippen LogP contribution < -0.4 is 9.46 Å². The smallest absolute Gasteiger partial charge is 0.132 e. The van der Waals surface area contributed by atoms with Crippen LogP contribution in [0.1, 0.15) is 40.0 Å². The highest BCUT2D eigenvalue weighted by Gasteiger charge is 2.41. The van der Waals surface area contributed by atoms with Gasteiger partial charge in [0.15, 0.2) is 0 Å². The van der Waals surface area contributed by atoms with Gasteiger partial charge in [0.25, 0.3) is 0 Å². The van der Waals surface area contributed by atoms with Gasteiger partial charge in [0, 0.05) is 6.54 Å². The summed E-state index contributed by atoms with van der Waals surface area (Å²) >= 11 is 0. The first-order valence-corrected chi connectivity index (χ1v) is 8.74. The Balaban J connectivity index is 1.84. The van der Waals surface area contributed by atoms with Gasteiger partial charge in [-0.2, -0.15) is 0 Å². The molecule has 0 radical (unpaired) electrons. The summed E-state index contributed by atoms with van der Waals surface area (Å²) in [5, 5.41) is 0. The maximum atomic E-state index is 12.1. The van der Waals surface area contributed by atoms with E-state index in [4.69, 9.17) is 9.47 Å². The fourth-order valence-electron chi connectivity index (χ4n) is 2.07. The third-order valence-electron chi connectivity index (χ3n) is 3.54. The van der Waals surface area contributed by atoms with E-state index in [1.165, 1.54) is 6.42 Å². The van der Waals surface area contributed by atoms with Crippen molar-refractivity contribution >= 4 is 11.0 Å². The molecule has 4 nitrogen and oxygen atoms in total. The van der Waals surface area contributed by atoms with Crippen molar-refractivity contribution in [2.45, 2.75) is 56.6 Å². The summed E-state index contributed by atoms with van der Waals surface area (Å²) in [6.07, 6.45) is 3.56. The average molecular weight is 311 g/mol. The molecule has 118 valence electrons. The number of epoxide rings is 1. The van der Waals surface area contributed by atoms with E-state index >= 15 is 0 Å². The van der Waals surface area contributed by atoms with E-state index in [1.54, 1.807) is 0 Å². The highest BCUT2D eigenvalue weighted by molar-refractivity contribution is 7.83. The minimum Gasteiger partial charge on any atom is -0.485 e. The molecule has 1 N–H and O–H groups in total. The quantitative estimate of drug-likeness (QED) is 0.563. The number of hydrogen-bond acceptors (Lipinski definition) is 3. The van der Waals surface area contributed by atoms with Gasteiger partial charge in [-0.05, 0) is 44.5 Å². The topological polar surface area (TPSA) is 50.9 Å². The first-order valence-electron chi connectivity index (χ1n) is 7.59. The zero-order valence-corrected chi connectivity index (χ0v) is 13.9. The first kappa shape index (κ1) is 16.5. The molecular formula is C16H25NO3S. The minimum absolute atomic E-state index is 0.173. The molecule has 0 bridgehead atoms. The van der Waals surface area contributed by atoms with Gasteiger partial charge in [-0.25, -0.2) is 8.93 Å². The molecule has 0 aliphatic carbocycles. The molecule has 2 rings (SSSR count). The van der Waals surface area contributed by atoms with Crippen LogP contribution in [0, 0.1) is 0 Å². The van der Waals surface area contributed by atoms with Gasteiger partial charge in [0.05, 0.1) is 11.5 Å². The van der Waals surface area contributed by atoms with Crippen LogP contribution in [-0.4, -0.2) is 29.1 Å². The summed E-state index contributed by atoms with van der Waals surface area (Å²) in [4.78, 5) is 0.777. The lowest BCUT2D eigenvalue weighted by molar-refractivity contribution is 0.0743. The minimum atomic E-state index is -1.14. The monoisotopic (exact) mass is 311 g/mol. The molecule has 1 heterocycles. The fraction of sp³-hybridized carbons (Fsp3) is 0.625. The van der Waals surface area contributed by atoms with E-state index in [9.17, 15) is 4.21 Å². The second-order valence-electron chi connectivity index (χ2n) is 5.87. The second-order valence-corrected chi connectivity index (χ2v) is 7.17. The Labute approximate surface area is 129 Å². The van der Waals surface area contributed by atoms with Crippen molar-refractivity contribution in [1.82, 2.24) is 4.72 Å². The highest BCUT2D eigenvalue weighted by Crippen LogP contribution is 2.29. The summed E-state index contributed by atoms with van der Waals surface area (Å²) in [5.74, 6) is 0.780. The summed E-state index contributed by atoms with van der Waals surface area (Å²) in [6, 6.07) is 7.43. The molecule has 5 heteroatoms. The molecule has 2 atom stereocenters. The summed E-state index contributed by atoms with van der Waals surface area (Å²) in [6.45, 7) is 7.74. The van der Waals surface area contributed by atoms with Crippen LogP contribution in [0.4, 0.5) is 0 Å². The van der Waals surface area contributed by atoms with Crippen LogP contribution in [0.5, 0.6) is 5.75 Å². The number of nitrogens with one attached hydrogen (secondary N) is 1. The number of unbranched alkanes of at least 4 members (excludes halogenated alkanes) is 2. The van der Waals surface area contributed by atoms with Gasteiger partial charge in [-0.3, -0.25) is 0 Å². The standard InChI is InChI=1S/C16H25NO3S/c1-4-5-6-11-17-21(18)14-9-7-13(8-10-14)20-16(2,3)15-12-19-15/h7-10,15,17H,4-6,11-12H2,1-3H3. The van der Waals surface area contributed by atoms with E-state index in [0.717, 1.165) is 36.6 Å². The van der Waals surface area contributed by atoms with Crippen molar-refractivity contribution in [2.24, 2.45) is 0 Å². The van der Waals surface area contributed by atoms with Gasteiger partial charge < -0.3 is 9.47 Å². The molecule has 1 aliphatic heterocycles.